The molecule has 26 heavy (non-hydrogen) atoms. The van der Waals surface area contributed by atoms with Crippen LogP contribution >= 0.6 is 23.2 Å². The van der Waals surface area contributed by atoms with Gasteiger partial charge in [-0.2, -0.15) is 0 Å². The Kier molecular flexibility index (Phi) is 7.63. The minimum atomic E-state index is -0.503. The Labute approximate surface area is 162 Å². The van der Waals surface area contributed by atoms with Crippen LogP contribution in [0.2, 0.25) is 10.0 Å². The number of carbonyl (C=O) groups excluding carboxylic acids is 1. The number of hydrogen-bond donors (Lipinski definition) is 0. The van der Waals surface area contributed by atoms with E-state index in [0.717, 1.165) is 5.56 Å². The lowest BCUT2D eigenvalue weighted by atomic mass is 10.2. The van der Waals surface area contributed by atoms with Crippen molar-refractivity contribution >= 4 is 35.2 Å². The van der Waals surface area contributed by atoms with Crippen molar-refractivity contribution in [2.45, 2.75) is 0 Å². The van der Waals surface area contributed by atoms with Crippen LogP contribution in [0.1, 0.15) is 5.56 Å². The number of carbonyl (C=O) groups is 1. The van der Waals surface area contributed by atoms with E-state index in [2.05, 4.69) is 0 Å². The van der Waals surface area contributed by atoms with Crippen LogP contribution in [-0.2, 0) is 9.53 Å². The van der Waals surface area contributed by atoms with Crippen molar-refractivity contribution in [3.63, 3.8) is 0 Å². The number of methoxy groups -OCH3 is 2. The second-order valence-corrected chi connectivity index (χ2v) is 5.82. The highest BCUT2D eigenvalue weighted by Gasteiger charge is 2.07. The molecule has 2 aromatic carbocycles. The van der Waals surface area contributed by atoms with Gasteiger partial charge in [0.2, 0.25) is 0 Å². The van der Waals surface area contributed by atoms with Crippen molar-refractivity contribution in [3.05, 3.63) is 58.1 Å². The summed E-state index contributed by atoms with van der Waals surface area (Å²) in [7, 11) is 3.11. The molecule has 0 saturated heterocycles. The number of rotatable bonds is 8. The molecule has 0 spiro atoms. The topological polar surface area (TPSA) is 54.0 Å². The Hall–Kier alpha value is -2.37. The normalized spacial score (nSPS) is 10.6. The number of hydrogen-bond acceptors (Lipinski definition) is 5. The van der Waals surface area contributed by atoms with E-state index in [1.54, 1.807) is 56.7 Å². The van der Waals surface area contributed by atoms with E-state index in [4.69, 9.17) is 42.1 Å². The van der Waals surface area contributed by atoms with Gasteiger partial charge in [0, 0.05) is 17.7 Å². The average Bonchev–Trinajstić information content (AvgIpc) is 2.65. The first-order chi connectivity index (χ1) is 12.5. The van der Waals surface area contributed by atoms with Crippen LogP contribution in [0, 0.1) is 0 Å². The smallest absolute Gasteiger partial charge is 0.330 e. The maximum atomic E-state index is 11.8. The molecular weight excluding hydrogens is 379 g/mol. The summed E-state index contributed by atoms with van der Waals surface area (Å²) in [6, 6.07) is 10.3. The van der Waals surface area contributed by atoms with Crippen LogP contribution < -0.4 is 14.2 Å². The van der Waals surface area contributed by atoms with E-state index in [9.17, 15) is 4.79 Å². The summed E-state index contributed by atoms with van der Waals surface area (Å²) in [5, 5.41) is 0.797. The SMILES string of the molecule is COc1ccc(/C=C/C(=O)OCCOc2c(Cl)cccc2Cl)c(OC)c1. The van der Waals surface area contributed by atoms with Crippen molar-refractivity contribution in [2.75, 3.05) is 27.4 Å². The molecule has 0 fully saturated rings. The van der Waals surface area contributed by atoms with Gasteiger partial charge in [0.25, 0.3) is 0 Å². The Morgan fingerprint density at radius 2 is 1.77 bits per heavy atom. The van der Waals surface area contributed by atoms with Gasteiger partial charge >= 0.3 is 5.97 Å². The zero-order valence-corrected chi connectivity index (χ0v) is 15.8. The van der Waals surface area contributed by atoms with Crippen LogP contribution in [-0.4, -0.2) is 33.4 Å². The number of halogens is 2. The molecule has 0 aliphatic carbocycles. The highest BCUT2D eigenvalue weighted by atomic mass is 35.5. The van der Waals surface area contributed by atoms with Gasteiger partial charge in [-0.05, 0) is 30.3 Å². The van der Waals surface area contributed by atoms with Gasteiger partial charge in [-0.25, -0.2) is 4.79 Å². The fourth-order valence-electron chi connectivity index (χ4n) is 2.07. The van der Waals surface area contributed by atoms with Gasteiger partial charge in [-0.15, -0.1) is 0 Å². The third kappa shape index (κ3) is 5.58. The first-order valence-corrected chi connectivity index (χ1v) is 8.44. The zero-order valence-electron chi connectivity index (χ0n) is 14.3. The molecule has 0 atom stereocenters. The van der Waals surface area contributed by atoms with E-state index in [1.165, 1.54) is 6.08 Å². The van der Waals surface area contributed by atoms with Crippen LogP contribution in [0.3, 0.4) is 0 Å². The van der Waals surface area contributed by atoms with E-state index in [1.807, 2.05) is 0 Å². The molecule has 0 saturated carbocycles. The molecule has 0 unspecified atom stereocenters. The van der Waals surface area contributed by atoms with Crippen LogP contribution in [0.25, 0.3) is 6.08 Å². The molecule has 0 bridgehead atoms. The highest BCUT2D eigenvalue weighted by Crippen LogP contribution is 2.32. The van der Waals surface area contributed by atoms with Gasteiger partial charge < -0.3 is 18.9 Å². The average molecular weight is 397 g/mol. The van der Waals surface area contributed by atoms with Gasteiger partial charge in [0.05, 0.1) is 24.3 Å². The van der Waals surface area contributed by atoms with E-state index in [-0.39, 0.29) is 13.2 Å². The summed E-state index contributed by atoms with van der Waals surface area (Å²) in [6.07, 6.45) is 2.92. The summed E-state index contributed by atoms with van der Waals surface area (Å²) < 4.78 is 20.9. The van der Waals surface area contributed by atoms with Crippen molar-refractivity contribution in [1.29, 1.82) is 0 Å². The maximum Gasteiger partial charge on any atom is 0.330 e. The highest BCUT2D eigenvalue weighted by molar-refractivity contribution is 6.37. The first-order valence-electron chi connectivity index (χ1n) is 7.69. The Bertz CT molecular complexity index is 769. The summed E-state index contributed by atoms with van der Waals surface area (Å²) in [6.45, 7) is 0.194. The Morgan fingerprint density at radius 3 is 2.42 bits per heavy atom. The molecule has 0 amide bonds. The summed E-state index contributed by atoms with van der Waals surface area (Å²) in [5.74, 6) is 1.11. The van der Waals surface area contributed by atoms with E-state index >= 15 is 0 Å². The molecule has 0 radical (unpaired) electrons. The van der Waals surface area contributed by atoms with Gasteiger partial charge in [0.15, 0.2) is 5.75 Å². The largest absolute Gasteiger partial charge is 0.497 e. The number of benzene rings is 2. The lowest BCUT2D eigenvalue weighted by Gasteiger charge is -2.09. The zero-order chi connectivity index (χ0) is 18.9. The fraction of sp³-hybridized carbons (Fsp3) is 0.211. The minimum absolute atomic E-state index is 0.0600. The molecule has 0 aliphatic rings. The third-order valence-corrected chi connectivity index (χ3v) is 3.93. The van der Waals surface area contributed by atoms with Gasteiger partial charge in [-0.1, -0.05) is 29.3 Å². The summed E-state index contributed by atoms with van der Waals surface area (Å²) in [5.41, 5.74) is 0.726. The lowest BCUT2D eigenvalue weighted by Crippen LogP contribution is -2.10. The second kappa shape index (κ2) is 9.94. The molecule has 2 aromatic rings. The molecule has 0 heterocycles. The Morgan fingerprint density at radius 1 is 1.04 bits per heavy atom. The predicted molar refractivity (Wildman–Crippen MR) is 101 cm³/mol. The second-order valence-electron chi connectivity index (χ2n) is 5.01. The van der Waals surface area contributed by atoms with Crippen LogP contribution in [0.4, 0.5) is 0 Å². The van der Waals surface area contributed by atoms with Crippen LogP contribution in [0.15, 0.2) is 42.5 Å². The summed E-state index contributed by atoms with van der Waals surface area (Å²) >= 11 is 12.0. The number of esters is 1. The predicted octanol–water partition coefficient (Wildman–Crippen LogP) is 4.65. The van der Waals surface area contributed by atoms with Gasteiger partial charge in [0.1, 0.15) is 24.7 Å². The Balaban J connectivity index is 1.84. The summed E-state index contributed by atoms with van der Waals surface area (Å²) in [4.78, 5) is 11.8. The maximum absolute atomic E-state index is 11.8. The van der Waals surface area contributed by atoms with E-state index in [0.29, 0.717) is 27.3 Å². The van der Waals surface area contributed by atoms with Crippen molar-refractivity contribution < 1.29 is 23.7 Å². The molecule has 0 aromatic heterocycles. The van der Waals surface area contributed by atoms with Crippen molar-refractivity contribution in [2.24, 2.45) is 0 Å². The molecule has 2 rings (SSSR count). The minimum Gasteiger partial charge on any atom is -0.497 e. The molecule has 5 nitrogen and oxygen atoms in total. The van der Waals surface area contributed by atoms with Crippen molar-refractivity contribution in [1.82, 2.24) is 0 Å². The van der Waals surface area contributed by atoms with Crippen molar-refractivity contribution in [3.8, 4) is 17.2 Å². The molecule has 138 valence electrons. The number of para-hydroxylation sites is 1. The number of ether oxygens (including phenoxy) is 4. The molecule has 0 N–H and O–H groups in total. The lowest BCUT2D eigenvalue weighted by molar-refractivity contribution is -0.138. The molecule has 0 aliphatic heterocycles. The standard InChI is InChI=1S/C19H18Cl2O5/c1-23-14-8-6-13(17(12-14)24-2)7-9-18(22)25-10-11-26-19-15(20)4-3-5-16(19)21/h3-9,12H,10-11H2,1-2H3/b9-7+. The first kappa shape index (κ1) is 19.9. The fourth-order valence-corrected chi connectivity index (χ4v) is 2.58. The third-order valence-electron chi connectivity index (χ3n) is 3.33. The molecular formula is C19H18Cl2O5. The van der Waals surface area contributed by atoms with E-state index < -0.39 is 5.97 Å². The molecule has 7 heteroatoms. The monoisotopic (exact) mass is 396 g/mol. The van der Waals surface area contributed by atoms with Crippen LogP contribution in [0.5, 0.6) is 17.2 Å². The van der Waals surface area contributed by atoms with Gasteiger partial charge in [-0.3, -0.25) is 0 Å². The quantitative estimate of drug-likeness (QED) is 0.369.